The fourth-order valence-corrected chi connectivity index (χ4v) is 1.65. The summed E-state index contributed by atoms with van der Waals surface area (Å²) in [4.78, 5) is 10.9. The monoisotopic (exact) mass is 263 g/mol. The number of hydrogen-bond donors (Lipinski definition) is 1. The summed E-state index contributed by atoms with van der Waals surface area (Å²) < 4.78 is 26.7. The molecule has 0 aliphatic carbocycles. The molecule has 5 nitrogen and oxygen atoms in total. The molecule has 2 aromatic rings. The van der Waals surface area contributed by atoms with Crippen molar-refractivity contribution < 1.29 is 18.7 Å². The maximum absolute atomic E-state index is 13.0. The molecule has 1 N–H and O–H groups in total. The van der Waals surface area contributed by atoms with Crippen molar-refractivity contribution in [3.63, 3.8) is 0 Å². The van der Waals surface area contributed by atoms with Crippen LogP contribution in [0, 0.1) is 11.3 Å². The lowest BCUT2D eigenvalue weighted by atomic mass is 10.2. The Hall–Kier alpha value is -2.75. The van der Waals surface area contributed by atoms with Crippen molar-refractivity contribution in [1.82, 2.24) is 9.78 Å². The molecule has 0 aliphatic rings. The molecular weight excluding hydrogens is 256 g/mol. The van der Waals surface area contributed by atoms with Crippen LogP contribution in [0.1, 0.15) is 28.0 Å². The first kappa shape index (κ1) is 12.7. The van der Waals surface area contributed by atoms with Crippen molar-refractivity contribution in [1.29, 1.82) is 5.26 Å². The van der Waals surface area contributed by atoms with Gasteiger partial charge in [-0.25, -0.2) is 18.3 Å². The number of alkyl halides is 2. The van der Waals surface area contributed by atoms with Crippen LogP contribution in [0.3, 0.4) is 0 Å². The molecule has 0 fully saturated rings. The molecule has 0 spiro atoms. The summed E-state index contributed by atoms with van der Waals surface area (Å²) in [5, 5.41) is 21.2. The van der Waals surface area contributed by atoms with Crippen LogP contribution in [0.25, 0.3) is 5.69 Å². The molecule has 0 saturated carbocycles. The molecule has 0 radical (unpaired) electrons. The predicted octanol–water partition coefficient (Wildman–Crippen LogP) is 2.38. The molecule has 19 heavy (non-hydrogen) atoms. The highest BCUT2D eigenvalue weighted by atomic mass is 19.3. The van der Waals surface area contributed by atoms with E-state index in [0.717, 1.165) is 10.9 Å². The molecule has 2 rings (SSSR count). The third-order valence-electron chi connectivity index (χ3n) is 2.46. The Labute approximate surface area is 106 Å². The van der Waals surface area contributed by atoms with Gasteiger partial charge in [0.05, 0.1) is 23.5 Å². The maximum Gasteiger partial charge on any atom is 0.339 e. The van der Waals surface area contributed by atoms with Crippen molar-refractivity contribution >= 4 is 5.97 Å². The van der Waals surface area contributed by atoms with Gasteiger partial charge in [0.2, 0.25) is 0 Å². The maximum atomic E-state index is 13.0. The summed E-state index contributed by atoms with van der Waals surface area (Å²) in [6.07, 6.45) is -2.12. The lowest BCUT2D eigenvalue weighted by Gasteiger charge is -2.07. The van der Waals surface area contributed by atoms with Crippen LogP contribution in [0.2, 0.25) is 0 Å². The van der Waals surface area contributed by atoms with E-state index in [9.17, 15) is 13.6 Å². The van der Waals surface area contributed by atoms with Crippen LogP contribution in [-0.2, 0) is 0 Å². The van der Waals surface area contributed by atoms with Crippen molar-refractivity contribution in [2.24, 2.45) is 0 Å². The van der Waals surface area contributed by atoms with Gasteiger partial charge in [-0.1, -0.05) is 6.07 Å². The lowest BCUT2D eigenvalue weighted by molar-refractivity contribution is 0.0683. The highest BCUT2D eigenvalue weighted by molar-refractivity contribution is 5.89. The number of halogens is 2. The number of hydrogen-bond acceptors (Lipinski definition) is 3. The minimum absolute atomic E-state index is 0.210. The summed E-state index contributed by atoms with van der Waals surface area (Å²) in [7, 11) is 0. The van der Waals surface area contributed by atoms with E-state index in [-0.39, 0.29) is 11.3 Å². The fourth-order valence-electron chi connectivity index (χ4n) is 1.65. The van der Waals surface area contributed by atoms with Crippen LogP contribution in [0.15, 0.2) is 30.5 Å². The molecule has 0 aliphatic heterocycles. The zero-order valence-corrected chi connectivity index (χ0v) is 9.42. The Morgan fingerprint density at radius 2 is 2.21 bits per heavy atom. The third kappa shape index (κ3) is 2.28. The largest absolute Gasteiger partial charge is 0.478 e. The highest BCUT2D eigenvalue weighted by Crippen LogP contribution is 2.26. The molecule has 0 bridgehead atoms. The Balaban J connectivity index is 2.62. The van der Waals surface area contributed by atoms with E-state index in [4.69, 9.17) is 10.4 Å². The topological polar surface area (TPSA) is 78.9 Å². The minimum atomic E-state index is -2.99. The van der Waals surface area contributed by atoms with Gasteiger partial charge in [0.25, 0.3) is 6.43 Å². The molecule has 96 valence electrons. The smallest absolute Gasteiger partial charge is 0.339 e. The van der Waals surface area contributed by atoms with E-state index < -0.39 is 23.7 Å². The first-order chi connectivity index (χ1) is 9.04. The summed E-state index contributed by atoms with van der Waals surface area (Å²) in [5.41, 5.74) is -0.785. The summed E-state index contributed by atoms with van der Waals surface area (Å²) in [5.74, 6) is -1.47. The number of carboxylic acid groups (broad SMARTS) is 1. The zero-order chi connectivity index (χ0) is 14.0. The molecule has 0 atom stereocenters. The minimum Gasteiger partial charge on any atom is -0.478 e. The summed E-state index contributed by atoms with van der Waals surface area (Å²) in [6, 6.07) is 7.70. The van der Waals surface area contributed by atoms with Crippen molar-refractivity contribution in [3.05, 3.63) is 47.3 Å². The van der Waals surface area contributed by atoms with E-state index in [1.54, 1.807) is 0 Å². The molecule has 7 heteroatoms. The number of nitriles is 1. The Morgan fingerprint density at radius 3 is 2.79 bits per heavy atom. The van der Waals surface area contributed by atoms with Crippen molar-refractivity contribution in [2.45, 2.75) is 6.43 Å². The van der Waals surface area contributed by atoms with Gasteiger partial charge in [-0.3, -0.25) is 0 Å². The first-order valence-electron chi connectivity index (χ1n) is 5.14. The molecule has 0 amide bonds. The van der Waals surface area contributed by atoms with Crippen LogP contribution in [0.4, 0.5) is 8.78 Å². The highest BCUT2D eigenvalue weighted by Gasteiger charge is 2.25. The second kappa shape index (κ2) is 4.86. The number of aromatic carboxylic acids is 1. The van der Waals surface area contributed by atoms with Gasteiger partial charge in [-0.15, -0.1) is 0 Å². The molecule has 0 saturated heterocycles. The first-order valence-corrected chi connectivity index (χ1v) is 5.14. The molecule has 1 heterocycles. The average molecular weight is 263 g/mol. The summed E-state index contributed by atoms with van der Waals surface area (Å²) >= 11 is 0. The number of aromatic nitrogens is 2. The van der Waals surface area contributed by atoms with Crippen molar-refractivity contribution in [3.8, 4) is 11.8 Å². The summed E-state index contributed by atoms with van der Waals surface area (Å²) in [6.45, 7) is 0. The van der Waals surface area contributed by atoms with Crippen molar-refractivity contribution in [2.75, 3.05) is 0 Å². The van der Waals surface area contributed by atoms with Gasteiger partial charge in [-0.05, 0) is 18.2 Å². The van der Waals surface area contributed by atoms with Gasteiger partial charge in [0.15, 0.2) is 0 Å². The SMILES string of the molecule is N#Cc1cccc(-n2ncc(C(=O)O)c2C(F)F)c1. The van der Waals surface area contributed by atoms with Crippen LogP contribution in [0.5, 0.6) is 0 Å². The quantitative estimate of drug-likeness (QED) is 0.922. The van der Waals surface area contributed by atoms with Crippen LogP contribution < -0.4 is 0 Å². The fraction of sp³-hybridized carbons (Fsp3) is 0.0833. The second-order valence-electron chi connectivity index (χ2n) is 3.62. The van der Waals surface area contributed by atoms with Crippen LogP contribution in [-0.4, -0.2) is 20.9 Å². The number of benzene rings is 1. The Kier molecular flexibility index (Phi) is 3.25. The van der Waals surface area contributed by atoms with Crippen LogP contribution >= 0.6 is 0 Å². The molecule has 1 aromatic carbocycles. The van der Waals surface area contributed by atoms with Gasteiger partial charge in [0.1, 0.15) is 11.3 Å². The Morgan fingerprint density at radius 1 is 1.47 bits per heavy atom. The second-order valence-corrected chi connectivity index (χ2v) is 3.62. The van der Waals surface area contributed by atoms with Gasteiger partial charge in [-0.2, -0.15) is 10.4 Å². The Bertz CT molecular complexity index is 674. The van der Waals surface area contributed by atoms with E-state index in [0.29, 0.717) is 0 Å². The number of nitrogens with zero attached hydrogens (tertiary/aromatic N) is 3. The molecule has 0 unspecified atom stereocenters. The van der Waals surface area contributed by atoms with Gasteiger partial charge < -0.3 is 5.11 Å². The lowest BCUT2D eigenvalue weighted by Crippen LogP contribution is -2.07. The molecular formula is C12H7F2N3O2. The average Bonchev–Trinajstić information content (AvgIpc) is 2.83. The standard InChI is InChI=1S/C12H7F2N3O2/c13-11(14)10-9(12(18)19)6-16-17(10)8-3-1-2-7(4-8)5-15/h1-4,6,11H,(H,18,19). The normalized spacial score (nSPS) is 10.4. The van der Waals surface area contributed by atoms with Gasteiger partial charge >= 0.3 is 5.97 Å². The van der Waals surface area contributed by atoms with E-state index in [2.05, 4.69) is 5.10 Å². The van der Waals surface area contributed by atoms with E-state index in [1.165, 1.54) is 24.3 Å². The number of carboxylic acids is 1. The molecule has 1 aromatic heterocycles. The van der Waals surface area contributed by atoms with E-state index >= 15 is 0 Å². The van der Waals surface area contributed by atoms with Gasteiger partial charge in [0, 0.05) is 0 Å². The number of carbonyl (C=O) groups is 1. The third-order valence-corrected chi connectivity index (χ3v) is 2.46. The number of rotatable bonds is 3. The van der Waals surface area contributed by atoms with E-state index in [1.807, 2.05) is 6.07 Å². The zero-order valence-electron chi connectivity index (χ0n) is 9.42. The predicted molar refractivity (Wildman–Crippen MR) is 60.2 cm³/mol.